The molecule has 1 N–H and O–H groups in total. The van der Waals surface area contributed by atoms with Crippen LogP contribution in [0.1, 0.15) is 15.9 Å². The van der Waals surface area contributed by atoms with Gasteiger partial charge in [0, 0.05) is 6.08 Å². The highest BCUT2D eigenvalue weighted by atomic mass is 19.1. The molecule has 0 heterocycles. The van der Waals surface area contributed by atoms with Gasteiger partial charge in [0.25, 0.3) is 5.91 Å². The third-order valence-corrected chi connectivity index (χ3v) is 3.23. The number of carbonyl (C=O) groups excluding carboxylic acids is 3. The fraction of sp³-hybridized carbons (Fsp3) is 0.105. The summed E-state index contributed by atoms with van der Waals surface area (Å²) in [4.78, 5) is 35.1. The molecule has 0 aliphatic heterocycles. The van der Waals surface area contributed by atoms with Gasteiger partial charge in [-0.3, -0.25) is 4.79 Å². The minimum atomic E-state index is -0.731. The van der Waals surface area contributed by atoms with Crippen LogP contribution in [0.15, 0.2) is 54.6 Å². The number of rotatable bonds is 6. The average Bonchev–Trinajstić information content (AvgIpc) is 2.65. The Kier molecular flexibility index (Phi) is 6.61. The summed E-state index contributed by atoms with van der Waals surface area (Å²) in [6.07, 6.45) is 2.56. The smallest absolute Gasteiger partial charge is 0.339 e. The second-order valence-electron chi connectivity index (χ2n) is 5.08. The zero-order valence-corrected chi connectivity index (χ0v) is 13.9. The van der Waals surface area contributed by atoms with E-state index in [0.29, 0.717) is 5.56 Å². The van der Waals surface area contributed by atoms with Crippen molar-refractivity contribution in [3.63, 3.8) is 0 Å². The van der Waals surface area contributed by atoms with Crippen molar-refractivity contribution in [2.75, 3.05) is 19.0 Å². The molecule has 0 spiro atoms. The first-order valence-electron chi connectivity index (χ1n) is 7.57. The van der Waals surface area contributed by atoms with E-state index in [9.17, 15) is 18.8 Å². The van der Waals surface area contributed by atoms with Crippen LogP contribution in [-0.4, -0.2) is 31.6 Å². The first-order chi connectivity index (χ1) is 12.5. The van der Waals surface area contributed by atoms with E-state index in [4.69, 9.17) is 4.74 Å². The molecule has 1 amide bonds. The van der Waals surface area contributed by atoms with Gasteiger partial charge in [0.1, 0.15) is 5.82 Å². The Labute approximate surface area is 149 Å². The number of hydrogen-bond donors (Lipinski definition) is 1. The van der Waals surface area contributed by atoms with Crippen molar-refractivity contribution < 1.29 is 28.2 Å². The standard InChI is InChI=1S/C19H16FNO5/c1-25-19(24)15-4-2-3-5-16(15)21-17(22)12-26-18(23)11-8-13-6-9-14(20)10-7-13/h2-11H,12H2,1H3,(H,21,22)/b11-8+. The molecule has 2 rings (SSSR count). The second kappa shape index (κ2) is 9.12. The molecule has 6 nitrogen and oxygen atoms in total. The van der Waals surface area contributed by atoms with Crippen LogP contribution < -0.4 is 5.32 Å². The van der Waals surface area contributed by atoms with E-state index < -0.39 is 24.5 Å². The van der Waals surface area contributed by atoms with Crippen LogP contribution in [0, 0.1) is 5.82 Å². The highest BCUT2D eigenvalue weighted by Gasteiger charge is 2.13. The van der Waals surface area contributed by atoms with Gasteiger partial charge in [-0.15, -0.1) is 0 Å². The molecule has 0 fully saturated rings. The molecule has 0 saturated heterocycles. The quantitative estimate of drug-likeness (QED) is 0.635. The number of para-hydroxylation sites is 1. The van der Waals surface area contributed by atoms with Crippen molar-refractivity contribution in [2.24, 2.45) is 0 Å². The van der Waals surface area contributed by atoms with Gasteiger partial charge < -0.3 is 14.8 Å². The van der Waals surface area contributed by atoms with Gasteiger partial charge >= 0.3 is 11.9 Å². The third-order valence-electron chi connectivity index (χ3n) is 3.23. The Balaban J connectivity index is 1.88. The first-order valence-corrected chi connectivity index (χ1v) is 7.57. The summed E-state index contributed by atoms with van der Waals surface area (Å²) in [5.41, 5.74) is 1.05. The van der Waals surface area contributed by atoms with Gasteiger partial charge in [-0.1, -0.05) is 24.3 Å². The van der Waals surface area contributed by atoms with E-state index >= 15 is 0 Å². The lowest BCUT2D eigenvalue weighted by atomic mass is 10.2. The topological polar surface area (TPSA) is 81.7 Å². The number of ether oxygens (including phenoxy) is 2. The largest absolute Gasteiger partial charge is 0.465 e. The summed E-state index contributed by atoms with van der Waals surface area (Å²) in [5.74, 6) is -2.32. The lowest BCUT2D eigenvalue weighted by molar-refractivity contribution is -0.142. The molecule has 26 heavy (non-hydrogen) atoms. The Bertz CT molecular complexity index is 830. The molecule has 0 aliphatic rings. The summed E-state index contributed by atoms with van der Waals surface area (Å²) in [6.45, 7) is -0.526. The molecule has 0 radical (unpaired) electrons. The van der Waals surface area contributed by atoms with Crippen molar-refractivity contribution >= 4 is 29.6 Å². The number of amides is 1. The highest BCUT2D eigenvalue weighted by Crippen LogP contribution is 2.15. The fourth-order valence-corrected chi connectivity index (χ4v) is 1.99. The average molecular weight is 357 g/mol. The molecule has 7 heteroatoms. The number of benzene rings is 2. The van der Waals surface area contributed by atoms with E-state index in [1.165, 1.54) is 49.6 Å². The Hall–Kier alpha value is -3.48. The zero-order chi connectivity index (χ0) is 18.9. The van der Waals surface area contributed by atoms with Crippen molar-refractivity contribution in [3.8, 4) is 0 Å². The summed E-state index contributed by atoms with van der Waals surface area (Å²) >= 11 is 0. The number of esters is 2. The number of halogens is 1. The first kappa shape index (κ1) is 18.9. The number of methoxy groups -OCH3 is 1. The summed E-state index contributed by atoms with van der Waals surface area (Å²) in [5, 5.41) is 2.48. The molecule has 2 aromatic rings. The Morgan fingerprint density at radius 1 is 1.08 bits per heavy atom. The molecule has 0 aliphatic carbocycles. The van der Waals surface area contributed by atoms with E-state index in [0.717, 1.165) is 6.08 Å². The van der Waals surface area contributed by atoms with Gasteiger partial charge in [-0.2, -0.15) is 0 Å². The van der Waals surface area contributed by atoms with E-state index in [-0.39, 0.29) is 17.1 Å². The Morgan fingerprint density at radius 2 is 1.77 bits per heavy atom. The number of anilines is 1. The van der Waals surface area contributed by atoms with Gasteiger partial charge in [-0.25, -0.2) is 14.0 Å². The van der Waals surface area contributed by atoms with Crippen LogP contribution in [0.2, 0.25) is 0 Å². The SMILES string of the molecule is COC(=O)c1ccccc1NC(=O)COC(=O)/C=C/c1ccc(F)cc1. The van der Waals surface area contributed by atoms with Crippen LogP contribution in [0.25, 0.3) is 6.08 Å². The number of hydrogen-bond acceptors (Lipinski definition) is 5. The maximum atomic E-state index is 12.8. The van der Waals surface area contributed by atoms with Gasteiger partial charge in [0.05, 0.1) is 18.4 Å². The van der Waals surface area contributed by atoms with Gasteiger partial charge in [0.2, 0.25) is 0 Å². The summed E-state index contributed by atoms with van der Waals surface area (Å²) in [6, 6.07) is 11.8. The molecule has 0 saturated carbocycles. The van der Waals surface area contributed by atoms with Crippen LogP contribution in [0.5, 0.6) is 0 Å². The Morgan fingerprint density at radius 3 is 2.46 bits per heavy atom. The lowest BCUT2D eigenvalue weighted by Gasteiger charge is -2.09. The van der Waals surface area contributed by atoms with Crippen LogP contribution in [-0.2, 0) is 19.1 Å². The number of carbonyl (C=O) groups is 3. The zero-order valence-electron chi connectivity index (χ0n) is 13.9. The molecular formula is C19H16FNO5. The molecule has 0 aromatic heterocycles. The summed E-state index contributed by atoms with van der Waals surface area (Å²) < 4.78 is 22.2. The van der Waals surface area contributed by atoms with Gasteiger partial charge in [-0.05, 0) is 35.9 Å². The molecule has 2 aromatic carbocycles. The predicted octanol–water partition coefficient (Wildman–Crippen LogP) is 2.81. The van der Waals surface area contributed by atoms with E-state index in [2.05, 4.69) is 10.1 Å². The minimum Gasteiger partial charge on any atom is -0.465 e. The predicted molar refractivity (Wildman–Crippen MR) is 92.8 cm³/mol. The maximum absolute atomic E-state index is 12.8. The van der Waals surface area contributed by atoms with Crippen molar-refractivity contribution in [3.05, 3.63) is 71.6 Å². The van der Waals surface area contributed by atoms with Crippen molar-refractivity contribution in [2.45, 2.75) is 0 Å². The number of nitrogens with one attached hydrogen (secondary N) is 1. The van der Waals surface area contributed by atoms with Crippen molar-refractivity contribution in [1.29, 1.82) is 0 Å². The lowest BCUT2D eigenvalue weighted by Crippen LogP contribution is -2.21. The van der Waals surface area contributed by atoms with E-state index in [1.807, 2.05) is 0 Å². The summed E-state index contributed by atoms with van der Waals surface area (Å²) in [7, 11) is 1.23. The van der Waals surface area contributed by atoms with Crippen LogP contribution in [0.3, 0.4) is 0 Å². The normalized spacial score (nSPS) is 10.4. The third kappa shape index (κ3) is 5.55. The highest BCUT2D eigenvalue weighted by molar-refractivity contribution is 6.02. The van der Waals surface area contributed by atoms with E-state index in [1.54, 1.807) is 12.1 Å². The molecular weight excluding hydrogens is 341 g/mol. The monoisotopic (exact) mass is 357 g/mol. The molecule has 134 valence electrons. The molecule has 0 atom stereocenters. The molecule has 0 bridgehead atoms. The van der Waals surface area contributed by atoms with Crippen molar-refractivity contribution in [1.82, 2.24) is 0 Å². The van der Waals surface area contributed by atoms with Crippen LogP contribution in [0.4, 0.5) is 10.1 Å². The van der Waals surface area contributed by atoms with Gasteiger partial charge in [0.15, 0.2) is 6.61 Å². The minimum absolute atomic E-state index is 0.186. The maximum Gasteiger partial charge on any atom is 0.339 e. The molecule has 0 unspecified atom stereocenters. The van der Waals surface area contributed by atoms with Crippen LogP contribution >= 0.6 is 0 Å². The second-order valence-corrected chi connectivity index (χ2v) is 5.08. The fourth-order valence-electron chi connectivity index (χ4n) is 1.99.